The number of hydrogen-bond acceptors (Lipinski definition) is 7. The second-order valence-electron chi connectivity index (χ2n) is 6.83. The standard InChI is InChI=1S/C23H26N2O6/c1-16-12-17(4-7-22(16)26)20-14-21(25(27)15-24-20)19-6-5-18(30-10-8-28-2)13-23(19)31-11-9-29-3/h4-7,12-15,26H,8-11H2,1-3H3. The van der Waals surface area contributed by atoms with E-state index in [0.29, 0.717) is 59.6 Å². The van der Waals surface area contributed by atoms with Gasteiger partial charge in [-0.2, -0.15) is 0 Å². The zero-order valence-electron chi connectivity index (χ0n) is 17.8. The Kier molecular flexibility index (Phi) is 7.64. The third-order valence-electron chi connectivity index (χ3n) is 4.64. The molecule has 0 saturated heterocycles. The van der Waals surface area contributed by atoms with Crippen molar-refractivity contribution in [1.29, 1.82) is 0 Å². The fraction of sp³-hybridized carbons (Fsp3) is 0.304. The number of nitrogens with zero attached hydrogens (tertiary/aromatic N) is 2. The van der Waals surface area contributed by atoms with Crippen molar-refractivity contribution in [3.05, 3.63) is 59.6 Å². The van der Waals surface area contributed by atoms with Crippen molar-refractivity contribution < 1.29 is 28.8 Å². The number of methoxy groups -OCH3 is 2. The molecule has 0 bridgehead atoms. The molecule has 0 radical (unpaired) electrons. The second kappa shape index (κ2) is 10.6. The Morgan fingerprint density at radius 3 is 2.39 bits per heavy atom. The van der Waals surface area contributed by atoms with Gasteiger partial charge in [-0.3, -0.25) is 0 Å². The topological polar surface area (TPSA) is 97.0 Å². The van der Waals surface area contributed by atoms with E-state index >= 15 is 0 Å². The third-order valence-corrected chi connectivity index (χ3v) is 4.64. The molecule has 3 aromatic rings. The van der Waals surface area contributed by atoms with Crippen molar-refractivity contribution in [3.63, 3.8) is 0 Å². The van der Waals surface area contributed by atoms with Crippen molar-refractivity contribution in [1.82, 2.24) is 4.98 Å². The minimum absolute atomic E-state index is 0.205. The highest BCUT2D eigenvalue weighted by molar-refractivity contribution is 5.71. The van der Waals surface area contributed by atoms with E-state index in [1.54, 1.807) is 57.5 Å². The summed E-state index contributed by atoms with van der Waals surface area (Å²) in [5, 5.41) is 22.4. The van der Waals surface area contributed by atoms with Crippen molar-refractivity contribution >= 4 is 0 Å². The molecular weight excluding hydrogens is 400 g/mol. The number of aromatic hydroxyl groups is 1. The van der Waals surface area contributed by atoms with E-state index in [2.05, 4.69) is 4.98 Å². The Hall–Kier alpha value is -3.36. The van der Waals surface area contributed by atoms with Crippen LogP contribution in [-0.4, -0.2) is 50.7 Å². The van der Waals surface area contributed by atoms with Gasteiger partial charge in [-0.25, -0.2) is 4.73 Å². The monoisotopic (exact) mass is 426 g/mol. The summed E-state index contributed by atoms with van der Waals surface area (Å²) in [6.45, 7) is 3.38. The molecule has 8 heteroatoms. The summed E-state index contributed by atoms with van der Waals surface area (Å²) in [6.07, 6.45) is 1.22. The first-order chi connectivity index (χ1) is 15.0. The number of ether oxygens (including phenoxy) is 4. The van der Waals surface area contributed by atoms with Gasteiger partial charge in [0, 0.05) is 31.9 Å². The third kappa shape index (κ3) is 5.62. The number of aryl methyl sites for hydroxylation is 1. The summed E-state index contributed by atoms with van der Waals surface area (Å²) in [5.41, 5.74) is 3.10. The summed E-state index contributed by atoms with van der Waals surface area (Å²) in [4.78, 5) is 4.25. The zero-order chi connectivity index (χ0) is 22.2. The number of benzene rings is 2. The Labute approximate surface area is 181 Å². The lowest BCUT2D eigenvalue weighted by molar-refractivity contribution is -0.597. The molecule has 0 unspecified atom stereocenters. The van der Waals surface area contributed by atoms with Crippen LogP contribution in [0, 0.1) is 12.1 Å². The summed E-state index contributed by atoms with van der Waals surface area (Å²) >= 11 is 0. The molecule has 0 aliphatic carbocycles. The van der Waals surface area contributed by atoms with Crippen molar-refractivity contribution in [2.24, 2.45) is 0 Å². The van der Waals surface area contributed by atoms with Crippen LogP contribution in [-0.2, 0) is 9.47 Å². The molecule has 164 valence electrons. The molecule has 0 amide bonds. The molecule has 1 heterocycles. The Balaban J connectivity index is 1.99. The SMILES string of the molecule is COCCOc1ccc(-c2cc(-c3ccc(O)c(C)c3)nc[n+]2[O-])c(OCCOC)c1. The minimum atomic E-state index is 0.205. The van der Waals surface area contributed by atoms with Crippen molar-refractivity contribution in [2.75, 3.05) is 40.6 Å². The average Bonchev–Trinajstić information content (AvgIpc) is 2.77. The molecule has 1 aromatic heterocycles. The summed E-state index contributed by atoms with van der Waals surface area (Å²) in [6, 6.07) is 12.2. The summed E-state index contributed by atoms with van der Waals surface area (Å²) in [7, 11) is 3.20. The normalized spacial score (nSPS) is 10.8. The lowest BCUT2D eigenvalue weighted by Crippen LogP contribution is -2.29. The first kappa shape index (κ1) is 22.3. The van der Waals surface area contributed by atoms with E-state index in [0.717, 1.165) is 11.1 Å². The van der Waals surface area contributed by atoms with E-state index < -0.39 is 0 Å². The van der Waals surface area contributed by atoms with Gasteiger partial charge in [0.1, 0.15) is 36.2 Å². The Bertz CT molecular complexity index is 1020. The molecule has 8 nitrogen and oxygen atoms in total. The van der Waals surface area contributed by atoms with Crippen LogP contribution in [0.1, 0.15) is 5.56 Å². The van der Waals surface area contributed by atoms with Crippen LogP contribution in [0.2, 0.25) is 0 Å². The largest absolute Gasteiger partial charge is 0.710 e. The highest BCUT2D eigenvalue weighted by atomic mass is 16.5. The van der Waals surface area contributed by atoms with Gasteiger partial charge in [0.15, 0.2) is 5.69 Å². The van der Waals surface area contributed by atoms with Crippen LogP contribution in [0.3, 0.4) is 0 Å². The van der Waals surface area contributed by atoms with E-state index in [1.807, 2.05) is 6.07 Å². The van der Waals surface area contributed by atoms with Gasteiger partial charge in [-0.1, -0.05) is 0 Å². The van der Waals surface area contributed by atoms with Crippen molar-refractivity contribution in [2.45, 2.75) is 6.92 Å². The van der Waals surface area contributed by atoms with Crippen molar-refractivity contribution in [3.8, 4) is 39.8 Å². The highest BCUT2D eigenvalue weighted by Gasteiger charge is 2.17. The first-order valence-corrected chi connectivity index (χ1v) is 9.80. The van der Waals surface area contributed by atoms with Crippen LogP contribution in [0.4, 0.5) is 0 Å². The lowest BCUT2D eigenvalue weighted by atomic mass is 10.0. The molecule has 1 N–H and O–H groups in total. The van der Waals surface area contributed by atoms with Gasteiger partial charge in [0.25, 0.3) is 6.33 Å². The lowest BCUT2D eigenvalue weighted by Gasteiger charge is -2.15. The average molecular weight is 426 g/mol. The molecule has 2 aromatic carbocycles. The molecule has 0 aliphatic rings. The van der Waals surface area contributed by atoms with Gasteiger partial charge in [-0.05, 0) is 47.8 Å². The summed E-state index contributed by atoms with van der Waals surface area (Å²) in [5.74, 6) is 1.31. The molecule has 31 heavy (non-hydrogen) atoms. The zero-order valence-corrected chi connectivity index (χ0v) is 17.8. The predicted molar refractivity (Wildman–Crippen MR) is 115 cm³/mol. The Morgan fingerprint density at radius 1 is 0.935 bits per heavy atom. The first-order valence-electron chi connectivity index (χ1n) is 9.80. The fourth-order valence-corrected chi connectivity index (χ4v) is 2.98. The van der Waals surface area contributed by atoms with Crippen LogP contribution < -0.4 is 14.2 Å². The van der Waals surface area contributed by atoms with Gasteiger partial charge in [0.2, 0.25) is 0 Å². The van der Waals surface area contributed by atoms with E-state index in [9.17, 15) is 10.3 Å². The van der Waals surface area contributed by atoms with Gasteiger partial charge >= 0.3 is 0 Å². The van der Waals surface area contributed by atoms with Gasteiger partial charge in [0.05, 0.1) is 18.8 Å². The summed E-state index contributed by atoms with van der Waals surface area (Å²) < 4.78 is 22.3. The van der Waals surface area contributed by atoms with Crippen LogP contribution in [0.5, 0.6) is 17.2 Å². The molecule has 3 rings (SSSR count). The molecule has 0 atom stereocenters. The molecule has 0 saturated carbocycles. The van der Waals surface area contributed by atoms with Crippen LogP contribution in [0.15, 0.2) is 48.8 Å². The van der Waals surface area contributed by atoms with E-state index in [4.69, 9.17) is 18.9 Å². The predicted octanol–water partition coefficient (Wildman–Crippen LogP) is 3.11. The fourth-order valence-electron chi connectivity index (χ4n) is 2.98. The molecule has 0 spiro atoms. The van der Waals surface area contributed by atoms with Gasteiger partial charge < -0.3 is 29.3 Å². The van der Waals surface area contributed by atoms with Crippen LogP contribution >= 0.6 is 0 Å². The number of phenolic OH excluding ortho intramolecular Hbond substituents is 1. The number of aromatic nitrogens is 2. The Morgan fingerprint density at radius 2 is 1.68 bits per heavy atom. The maximum atomic E-state index is 12.6. The molecular formula is C23H26N2O6. The maximum absolute atomic E-state index is 12.6. The number of phenols is 1. The van der Waals surface area contributed by atoms with E-state index in [-0.39, 0.29) is 5.75 Å². The van der Waals surface area contributed by atoms with Crippen LogP contribution in [0.25, 0.3) is 22.5 Å². The van der Waals surface area contributed by atoms with Gasteiger partial charge in [-0.15, -0.1) is 0 Å². The quantitative estimate of drug-likeness (QED) is 0.302. The molecule has 0 fully saturated rings. The number of hydrogen-bond donors (Lipinski definition) is 1. The second-order valence-corrected chi connectivity index (χ2v) is 6.83. The highest BCUT2D eigenvalue weighted by Crippen LogP contribution is 2.33. The molecule has 0 aliphatic heterocycles. The number of rotatable bonds is 10. The minimum Gasteiger partial charge on any atom is -0.710 e. The smallest absolute Gasteiger partial charge is 0.290 e. The maximum Gasteiger partial charge on any atom is 0.290 e. The van der Waals surface area contributed by atoms with E-state index in [1.165, 1.54) is 6.33 Å².